The van der Waals surface area contributed by atoms with Crippen LogP contribution >= 0.6 is 0 Å². The van der Waals surface area contributed by atoms with Crippen molar-refractivity contribution in [3.05, 3.63) is 6.92 Å². The Hall–Kier alpha value is 1.06. The molecular weight excluding hydrogens is 180 g/mol. The molecule has 0 saturated carbocycles. The summed E-state index contributed by atoms with van der Waals surface area (Å²) >= 11 is 0. The van der Waals surface area contributed by atoms with Crippen molar-refractivity contribution >= 4 is 23.1 Å². The Labute approximate surface area is 100 Å². The van der Waals surface area contributed by atoms with Crippen LogP contribution in [0.3, 0.4) is 0 Å². The third-order valence-electron chi connectivity index (χ3n) is 1.85. The van der Waals surface area contributed by atoms with E-state index < -0.39 is 0 Å². The first-order chi connectivity index (χ1) is 4.91. The fraction of sp³-hybridized carbons (Fsp3) is 0.900. The normalized spacial score (nSPS) is 8.50. The molecule has 0 aromatic heterocycles. The van der Waals surface area contributed by atoms with Crippen LogP contribution < -0.4 is 12.4 Å². The molecule has 0 unspecified atom stereocenters. The predicted molar refractivity (Wildman–Crippen MR) is 53.7 cm³/mol. The Morgan fingerprint density at radius 1 is 0.833 bits per heavy atom. The van der Waals surface area contributed by atoms with Gasteiger partial charge in [-0.15, -0.1) is 0 Å². The van der Waals surface area contributed by atoms with Gasteiger partial charge in [-0.3, -0.25) is 0 Å². The standard InChI is InChI=1S/C10H21.ClH.Mg/c1-3-5-7-9-10-8-6-4-2;;/h1,3-10H2,2H3;1H;/q-1;;+2/p-1. The van der Waals surface area contributed by atoms with Gasteiger partial charge >= 0.3 is 23.1 Å². The van der Waals surface area contributed by atoms with Crippen LogP contribution in [0.15, 0.2) is 0 Å². The zero-order chi connectivity index (χ0) is 7.66. The minimum absolute atomic E-state index is 0. The Bertz CT molecular complexity index is 49.8. The van der Waals surface area contributed by atoms with E-state index in [1.165, 1.54) is 44.9 Å². The molecule has 0 radical (unpaired) electrons. The Kier molecular flexibility index (Phi) is 28.1. The molecular formula is C10H21ClMg. The molecule has 70 valence electrons. The summed E-state index contributed by atoms with van der Waals surface area (Å²) in [7, 11) is 0. The molecule has 0 aliphatic rings. The third kappa shape index (κ3) is 17.2. The molecule has 0 aliphatic heterocycles. The van der Waals surface area contributed by atoms with Crippen LogP contribution in [-0.2, 0) is 0 Å². The summed E-state index contributed by atoms with van der Waals surface area (Å²) in [6.07, 6.45) is 10.9. The number of halogens is 1. The summed E-state index contributed by atoms with van der Waals surface area (Å²) in [4.78, 5) is 0. The molecule has 0 aliphatic carbocycles. The maximum absolute atomic E-state index is 3.82. The smallest absolute Gasteiger partial charge is 1.00 e. The minimum Gasteiger partial charge on any atom is -1.00 e. The maximum Gasteiger partial charge on any atom is 2.00 e. The molecule has 0 atom stereocenters. The summed E-state index contributed by atoms with van der Waals surface area (Å²) in [5, 5.41) is 0. The van der Waals surface area contributed by atoms with Crippen LogP contribution in [0.1, 0.15) is 58.3 Å². The van der Waals surface area contributed by atoms with E-state index in [-0.39, 0.29) is 35.5 Å². The van der Waals surface area contributed by atoms with Crippen LogP contribution in [0.5, 0.6) is 0 Å². The summed E-state index contributed by atoms with van der Waals surface area (Å²) in [6, 6.07) is 0. The van der Waals surface area contributed by atoms with Crippen molar-refractivity contribution in [3.8, 4) is 0 Å². The van der Waals surface area contributed by atoms with E-state index in [1.54, 1.807) is 0 Å². The minimum atomic E-state index is 0. The Morgan fingerprint density at radius 3 is 1.67 bits per heavy atom. The topological polar surface area (TPSA) is 0 Å². The van der Waals surface area contributed by atoms with Crippen molar-refractivity contribution in [2.45, 2.75) is 58.3 Å². The summed E-state index contributed by atoms with van der Waals surface area (Å²) in [5.41, 5.74) is 0. The first-order valence-electron chi connectivity index (χ1n) is 4.71. The van der Waals surface area contributed by atoms with E-state index in [0.29, 0.717) is 0 Å². The van der Waals surface area contributed by atoms with Gasteiger partial charge in [0.2, 0.25) is 0 Å². The molecule has 0 saturated heterocycles. The van der Waals surface area contributed by atoms with Crippen molar-refractivity contribution in [1.29, 1.82) is 0 Å². The molecule has 0 rings (SSSR count). The number of rotatable bonds is 7. The van der Waals surface area contributed by atoms with Crippen molar-refractivity contribution in [2.75, 3.05) is 0 Å². The molecule has 0 amide bonds. The van der Waals surface area contributed by atoms with Gasteiger partial charge in [0.25, 0.3) is 0 Å². The van der Waals surface area contributed by atoms with Crippen molar-refractivity contribution in [3.63, 3.8) is 0 Å². The van der Waals surface area contributed by atoms with Gasteiger partial charge in [0.15, 0.2) is 0 Å². The summed E-state index contributed by atoms with van der Waals surface area (Å²) < 4.78 is 0. The fourth-order valence-corrected chi connectivity index (χ4v) is 1.13. The average Bonchev–Trinajstić information content (AvgIpc) is 1.97. The molecule has 0 heterocycles. The molecule has 0 fully saturated rings. The van der Waals surface area contributed by atoms with Crippen LogP contribution in [0.4, 0.5) is 0 Å². The van der Waals surface area contributed by atoms with Crippen molar-refractivity contribution < 1.29 is 12.4 Å². The molecule has 0 N–H and O–H groups in total. The van der Waals surface area contributed by atoms with Crippen LogP contribution in [-0.4, -0.2) is 23.1 Å². The zero-order valence-corrected chi connectivity index (χ0v) is 10.6. The fourth-order valence-electron chi connectivity index (χ4n) is 1.13. The van der Waals surface area contributed by atoms with E-state index in [4.69, 9.17) is 0 Å². The van der Waals surface area contributed by atoms with Gasteiger partial charge in [-0.25, -0.2) is 0 Å². The zero-order valence-electron chi connectivity index (χ0n) is 8.45. The second-order valence-electron chi connectivity index (χ2n) is 2.97. The van der Waals surface area contributed by atoms with E-state index in [0.717, 1.165) is 6.42 Å². The maximum atomic E-state index is 3.82. The molecule has 0 bridgehead atoms. The second kappa shape index (κ2) is 18.0. The monoisotopic (exact) mass is 200 g/mol. The largest absolute Gasteiger partial charge is 2.00 e. The van der Waals surface area contributed by atoms with Crippen LogP contribution in [0.25, 0.3) is 0 Å². The quantitative estimate of drug-likeness (QED) is 0.321. The summed E-state index contributed by atoms with van der Waals surface area (Å²) in [6.45, 7) is 6.08. The van der Waals surface area contributed by atoms with Gasteiger partial charge in [0, 0.05) is 0 Å². The van der Waals surface area contributed by atoms with Crippen molar-refractivity contribution in [1.82, 2.24) is 0 Å². The first-order valence-corrected chi connectivity index (χ1v) is 4.71. The predicted octanol–water partition coefficient (Wildman–Crippen LogP) is 0.584. The van der Waals surface area contributed by atoms with Gasteiger partial charge in [0.1, 0.15) is 0 Å². The van der Waals surface area contributed by atoms with E-state index in [2.05, 4.69) is 13.8 Å². The van der Waals surface area contributed by atoms with E-state index in [9.17, 15) is 0 Å². The van der Waals surface area contributed by atoms with E-state index >= 15 is 0 Å². The Morgan fingerprint density at radius 2 is 1.25 bits per heavy atom. The molecule has 0 aromatic carbocycles. The molecule has 2 heteroatoms. The van der Waals surface area contributed by atoms with E-state index in [1.807, 2.05) is 0 Å². The molecule has 0 nitrogen and oxygen atoms in total. The van der Waals surface area contributed by atoms with Crippen molar-refractivity contribution in [2.24, 2.45) is 0 Å². The first kappa shape index (κ1) is 18.8. The number of hydrogen-bond donors (Lipinski definition) is 0. The van der Waals surface area contributed by atoms with Crippen LogP contribution in [0.2, 0.25) is 0 Å². The Balaban J connectivity index is -0.000000405. The van der Waals surface area contributed by atoms with Gasteiger partial charge in [0.05, 0.1) is 0 Å². The van der Waals surface area contributed by atoms with Gasteiger partial charge in [-0.1, -0.05) is 51.9 Å². The number of hydrogen-bond acceptors (Lipinski definition) is 0. The summed E-state index contributed by atoms with van der Waals surface area (Å²) in [5.74, 6) is 0. The molecule has 0 aromatic rings. The third-order valence-corrected chi connectivity index (χ3v) is 1.85. The average molecular weight is 201 g/mol. The van der Waals surface area contributed by atoms with Crippen LogP contribution in [0, 0.1) is 6.92 Å². The number of unbranched alkanes of at least 4 members (excludes halogenated alkanes) is 7. The van der Waals surface area contributed by atoms with Gasteiger partial charge in [-0.05, 0) is 0 Å². The molecule has 12 heavy (non-hydrogen) atoms. The van der Waals surface area contributed by atoms with Gasteiger partial charge < -0.3 is 19.3 Å². The second-order valence-corrected chi connectivity index (χ2v) is 2.97. The molecule has 0 spiro atoms. The SMILES string of the molecule is [CH2-]CCCCCCCCC.[Cl-].[Mg+2]. The van der Waals surface area contributed by atoms with Gasteiger partial charge in [-0.2, -0.15) is 6.42 Å².